The van der Waals surface area contributed by atoms with Gasteiger partial charge >= 0.3 is 6.18 Å². The zero-order valence-corrected chi connectivity index (χ0v) is 13.1. The van der Waals surface area contributed by atoms with Gasteiger partial charge in [0.2, 0.25) is 5.91 Å². The van der Waals surface area contributed by atoms with Crippen LogP contribution in [0.2, 0.25) is 0 Å². The molecule has 1 atom stereocenters. The van der Waals surface area contributed by atoms with E-state index in [0.29, 0.717) is 10.6 Å². The SMILES string of the molecule is Cc1sc(NC(=O)CN(C)CC(O)C(F)(F)F)c(C#N)c1C. The summed E-state index contributed by atoms with van der Waals surface area (Å²) in [7, 11) is 1.30. The van der Waals surface area contributed by atoms with E-state index in [1.807, 2.05) is 13.0 Å². The van der Waals surface area contributed by atoms with Crippen molar-refractivity contribution in [2.24, 2.45) is 0 Å². The Morgan fingerprint density at radius 3 is 2.59 bits per heavy atom. The number of nitrogens with one attached hydrogen (secondary N) is 1. The maximum Gasteiger partial charge on any atom is 0.415 e. The number of likely N-dealkylation sites (N-methyl/N-ethyl adjacent to an activating group) is 1. The molecule has 1 rings (SSSR count). The minimum atomic E-state index is -4.72. The van der Waals surface area contributed by atoms with Gasteiger partial charge in [0.1, 0.15) is 11.1 Å². The van der Waals surface area contributed by atoms with Crippen molar-refractivity contribution in [2.75, 3.05) is 25.5 Å². The Morgan fingerprint density at radius 2 is 2.09 bits per heavy atom. The number of thiophene rings is 1. The summed E-state index contributed by atoms with van der Waals surface area (Å²) in [5.74, 6) is -0.547. The van der Waals surface area contributed by atoms with Gasteiger partial charge in [-0.3, -0.25) is 9.69 Å². The Balaban J connectivity index is 2.64. The lowest BCUT2D eigenvalue weighted by molar-refractivity contribution is -0.207. The van der Waals surface area contributed by atoms with Crippen molar-refractivity contribution in [1.82, 2.24) is 4.90 Å². The van der Waals surface area contributed by atoms with Crippen molar-refractivity contribution in [3.8, 4) is 6.07 Å². The molecule has 1 aromatic heterocycles. The Kier molecular flexibility index (Phi) is 5.93. The molecule has 1 unspecified atom stereocenters. The van der Waals surface area contributed by atoms with E-state index in [0.717, 1.165) is 15.3 Å². The molecule has 1 heterocycles. The fourth-order valence-electron chi connectivity index (χ4n) is 1.72. The zero-order valence-electron chi connectivity index (χ0n) is 12.3. The second-order valence-electron chi connectivity index (χ2n) is 4.90. The average molecular weight is 335 g/mol. The van der Waals surface area contributed by atoms with Gasteiger partial charge in [0.25, 0.3) is 0 Å². The fraction of sp³-hybridized carbons (Fsp3) is 0.538. The molecule has 0 fully saturated rings. The van der Waals surface area contributed by atoms with E-state index in [2.05, 4.69) is 5.32 Å². The summed E-state index contributed by atoms with van der Waals surface area (Å²) in [4.78, 5) is 13.8. The first-order valence-electron chi connectivity index (χ1n) is 6.29. The van der Waals surface area contributed by atoms with Crippen LogP contribution in [0.15, 0.2) is 0 Å². The van der Waals surface area contributed by atoms with E-state index in [1.54, 1.807) is 6.92 Å². The van der Waals surface area contributed by atoms with Crippen molar-refractivity contribution in [2.45, 2.75) is 26.1 Å². The Hall–Kier alpha value is -1.63. The molecule has 0 saturated carbocycles. The summed E-state index contributed by atoms with van der Waals surface area (Å²) in [5, 5.41) is 20.9. The van der Waals surface area contributed by atoms with Crippen molar-refractivity contribution in [3.05, 3.63) is 16.0 Å². The molecule has 0 saturated heterocycles. The van der Waals surface area contributed by atoms with Crippen LogP contribution in [0.25, 0.3) is 0 Å². The summed E-state index contributed by atoms with van der Waals surface area (Å²) in [6.07, 6.45) is -7.23. The normalized spacial score (nSPS) is 13.0. The van der Waals surface area contributed by atoms with Gasteiger partial charge in [0.15, 0.2) is 6.10 Å². The highest BCUT2D eigenvalue weighted by Crippen LogP contribution is 2.31. The van der Waals surface area contributed by atoms with E-state index in [9.17, 15) is 18.0 Å². The smallest absolute Gasteiger partial charge is 0.382 e. The number of rotatable bonds is 5. The number of nitriles is 1. The van der Waals surface area contributed by atoms with Crippen molar-refractivity contribution in [1.29, 1.82) is 5.26 Å². The first-order valence-corrected chi connectivity index (χ1v) is 7.11. The standard InChI is InChI=1S/C13H16F3N3O2S/c1-7-8(2)22-12(9(7)4-17)18-11(21)6-19(3)5-10(20)13(14,15)16/h10,20H,5-6H2,1-3H3,(H,18,21). The quantitative estimate of drug-likeness (QED) is 0.863. The number of aryl methyl sites for hydroxylation is 1. The van der Waals surface area contributed by atoms with Gasteiger partial charge in [-0.25, -0.2) is 0 Å². The minimum Gasteiger partial charge on any atom is -0.382 e. The first kappa shape index (κ1) is 18.4. The third kappa shape index (κ3) is 4.69. The molecule has 0 bridgehead atoms. The van der Waals surface area contributed by atoms with Crippen LogP contribution in [0.5, 0.6) is 0 Å². The molecule has 0 aromatic carbocycles. The molecule has 122 valence electrons. The van der Waals surface area contributed by atoms with Crippen LogP contribution >= 0.6 is 11.3 Å². The Labute approximate surface area is 130 Å². The van der Waals surface area contributed by atoms with Gasteiger partial charge in [-0.2, -0.15) is 18.4 Å². The monoisotopic (exact) mass is 335 g/mol. The molecule has 0 spiro atoms. The summed E-state index contributed by atoms with van der Waals surface area (Å²) in [6.45, 7) is 2.53. The third-order valence-corrected chi connectivity index (χ3v) is 4.15. The number of aliphatic hydroxyl groups is 1. The van der Waals surface area contributed by atoms with Gasteiger partial charge in [-0.05, 0) is 26.5 Å². The number of amides is 1. The number of alkyl halides is 3. The summed E-state index contributed by atoms with van der Waals surface area (Å²) in [6, 6.07) is 1.99. The van der Waals surface area contributed by atoms with E-state index < -0.39 is 24.7 Å². The first-order chi connectivity index (χ1) is 10.1. The van der Waals surface area contributed by atoms with Crippen LogP contribution in [0.1, 0.15) is 16.0 Å². The summed E-state index contributed by atoms with van der Waals surface area (Å²) < 4.78 is 36.7. The molecule has 5 nitrogen and oxygen atoms in total. The van der Waals surface area contributed by atoms with Crippen molar-refractivity contribution >= 4 is 22.2 Å². The molecule has 0 aliphatic rings. The number of hydrogen-bond acceptors (Lipinski definition) is 5. The average Bonchev–Trinajstić information content (AvgIpc) is 2.62. The number of halogens is 3. The third-order valence-electron chi connectivity index (χ3n) is 3.03. The van der Waals surface area contributed by atoms with E-state index in [1.165, 1.54) is 18.4 Å². The van der Waals surface area contributed by atoms with E-state index in [4.69, 9.17) is 10.4 Å². The van der Waals surface area contributed by atoms with Crippen LogP contribution in [0, 0.1) is 25.2 Å². The van der Waals surface area contributed by atoms with Crippen LogP contribution in [0.3, 0.4) is 0 Å². The number of carbonyl (C=O) groups excluding carboxylic acids is 1. The largest absolute Gasteiger partial charge is 0.415 e. The molecule has 1 aromatic rings. The number of nitrogens with zero attached hydrogens (tertiary/aromatic N) is 2. The van der Waals surface area contributed by atoms with Gasteiger partial charge in [0.05, 0.1) is 12.1 Å². The van der Waals surface area contributed by atoms with Gasteiger partial charge in [-0.15, -0.1) is 11.3 Å². The highest BCUT2D eigenvalue weighted by molar-refractivity contribution is 7.16. The summed E-state index contributed by atoms with van der Waals surface area (Å²) in [5.41, 5.74) is 1.12. The maximum atomic E-state index is 12.2. The van der Waals surface area contributed by atoms with Crippen molar-refractivity contribution in [3.63, 3.8) is 0 Å². The van der Waals surface area contributed by atoms with Crippen LogP contribution in [-0.4, -0.2) is 48.3 Å². The highest BCUT2D eigenvalue weighted by Gasteiger charge is 2.38. The lowest BCUT2D eigenvalue weighted by Crippen LogP contribution is -2.42. The lowest BCUT2D eigenvalue weighted by atomic mass is 10.2. The molecule has 22 heavy (non-hydrogen) atoms. The maximum absolute atomic E-state index is 12.2. The number of carbonyl (C=O) groups is 1. The van der Waals surface area contributed by atoms with Crippen LogP contribution in [-0.2, 0) is 4.79 Å². The molecular formula is C13H16F3N3O2S. The van der Waals surface area contributed by atoms with Crippen LogP contribution in [0.4, 0.5) is 18.2 Å². The predicted octanol–water partition coefficient (Wildman–Crippen LogP) is 2.03. The topological polar surface area (TPSA) is 76.4 Å². The molecule has 9 heteroatoms. The molecular weight excluding hydrogens is 319 g/mol. The molecule has 0 aliphatic heterocycles. The predicted molar refractivity (Wildman–Crippen MR) is 76.7 cm³/mol. The summed E-state index contributed by atoms with van der Waals surface area (Å²) >= 11 is 1.24. The fourth-order valence-corrected chi connectivity index (χ4v) is 2.75. The Morgan fingerprint density at radius 1 is 1.50 bits per heavy atom. The number of hydrogen-bond donors (Lipinski definition) is 2. The van der Waals surface area contributed by atoms with Crippen LogP contribution < -0.4 is 5.32 Å². The van der Waals surface area contributed by atoms with Crippen molar-refractivity contribution < 1.29 is 23.1 Å². The van der Waals surface area contributed by atoms with Gasteiger partial charge < -0.3 is 10.4 Å². The second-order valence-corrected chi connectivity index (χ2v) is 6.13. The lowest BCUT2D eigenvalue weighted by Gasteiger charge is -2.21. The Bertz CT molecular complexity index is 593. The number of aliphatic hydroxyl groups excluding tert-OH is 1. The van der Waals surface area contributed by atoms with E-state index >= 15 is 0 Å². The van der Waals surface area contributed by atoms with Gasteiger partial charge in [-0.1, -0.05) is 0 Å². The minimum absolute atomic E-state index is 0.325. The highest BCUT2D eigenvalue weighted by atomic mass is 32.1. The number of anilines is 1. The van der Waals surface area contributed by atoms with Gasteiger partial charge in [0, 0.05) is 11.4 Å². The molecule has 1 amide bonds. The zero-order chi connectivity index (χ0) is 17.1. The molecule has 0 aliphatic carbocycles. The molecule has 2 N–H and O–H groups in total. The second kappa shape index (κ2) is 7.09. The van der Waals surface area contributed by atoms with E-state index in [-0.39, 0.29) is 6.54 Å². The molecule has 0 radical (unpaired) electrons.